The number of benzene rings is 1. The van der Waals surface area contributed by atoms with Gasteiger partial charge in [0.2, 0.25) is 5.88 Å². The summed E-state index contributed by atoms with van der Waals surface area (Å²) in [5.74, 6) is 2.01. The topological polar surface area (TPSA) is 64.3 Å². The average Bonchev–Trinajstić information content (AvgIpc) is 2.45. The van der Waals surface area contributed by atoms with E-state index in [0.717, 1.165) is 17.1 Å². The maximum Gasteiger partial charge on any atom is 0.218 e. The zero-order valence-electron chi connectivity index (χ0n) is 11.4. The van der Waals surface area contributed by atoms with Crippen LogP contribution in [0.15, 0.2) is 30.3 Å². The van der Waals surface area contributed by atoms with E-state index in [-0.39, 0.29) is 0 Å². The van der Waals surface area contributed by atoms with Gasteiger partial charge in [0, 0.05) is 25.3 Å². The van der Waals surface area contributed by atoms with Crippen LogP contribution in [-0.4, -0.2) is 24.1 Å². The molecular formula is C14H18N4O. The zero-order chi connectivity index (χ0) is 13.8. The van der Waals surface area contributed by atoms with E-state index in [1.807, 2.05) is 43.1 Å². The molecule has 2 aromatic rings. The number of methoxy groups -OCH3 is 1. The Hall–Kier alpha value is -2.14. The highest BCUT2D eigenvalue weighted by atomic mass is 16.5. The molecule has 1 aromatic heterocycles. The van der Waals surface area contributed by atoms with E-state index in [0.29, 0.717) is 18.2 Å². The van der Waals surface area contributed by atoms with Gasteiger partial charge in [0.1, 0.15) is 11.6 Å². The first-order chi connectivity index (χ1) is 9.15. The first-order valence-corrected chi connectivity index (χ1v) is 6.07. The number of rotatable bonds is 4. The Morgan fingerprint density at radius 1 is 1.26 bits per heavy atom. The molecule has 0 radical (unpaired) electrons. The fraction of sp³-hybridized carbons (Fsp3) is 0.286. The van der Waals surface area contributed by atoms with Crippen molar-refractivity contribution >= 4 is 11.5 Å². The summed E-state index contributed by atoms with van der Waals surface area (Å²) in [6.07, 6.45) is 0. The van der Waals surface area contributed by atoms with Gasteiger partial charge < -0.3 is 15.4 Å². The van der Waals surface area contributed by atoms with Gasteiger partial charge in [-0.3, -0.25) is 0 Å². The maximum absolute atomic E-state index is 5.77. The zero-order valence-corrected chi connectivity index (χ0v) is 11.4. The molecule has 2 N–H and O–H groups in total. The lowest BCUT2D eigenvalue weighted by atomic mass is 10.1. The van der Waals surface area contributed by atoms with Crippen LogP contribution in [0, 0.1) is 6.92 Å². The predicted molar refractivity (Wildman–Crippen MR) is 75.7 cm³/mol. The van der Waals surface area contributed by atoms with Crippen LogP contribution in [0.5, 0.6) is 5.88 Å². The summed E-state index contributed by atoms with van der Waals surface area (Å²) >= 11 is 0. The quantitative estimate of drug-likeness (QED) is 0.909. The first kappa shape index (κ1) is 13.3. The summed E-state index contributed by atoms with van der Waals surface area (Å²) in [5, 5.41) is 0. The van der Waals surface area contributed by atoms with E-state index in [1.165, 1.54) is 0 Å². The highest BCUT2D eigenvalue weighted by Gasteiger charge is 2.11. The summed E-state index contributed by atoms with van der Waals surface area (Å²) in [7, 11) is 3.55. The Kier molecular flexibility index (Phi) is 3.97. The van der Waals surface area contributed by atoms with Crippen LogP contribution in [0.3, 0.4) is 0 Å². The molecule has 0 aliphatic carbocycles. The van der Waals surface area contributed by atoms with E-state index >= 15 is 0 Å². The van der Waals surface area contributed by atoms with Gasteiger partial charge >= 0.3 is 0 Å². The van der Waals surface area contributed by atoms with Gasteiger partial charge in [-0.2, -0.15) is 4.98 Å². The van der Waals surface area contributed by atoms with E-state index in [2.05, 4.69) is 9.97 Å². The van der Waals surface area contributed by atoms with Gasteiger partial charge in [0.05, 0.1) is 7.11 Å². The van der Waals surface area contributed by atoms with Gasteiger partial charge in [-0.15, -0.1) is 0 Å². The number of hydrogen-bond donors (Lipinski definition) is 1. The van der Waals surface area contributed by atoms with Crippen LogP contribution in [0.1, 0.15) is 11.4 Å². The molecule has 0 aliphatic rings. The second kappa shape index (κ2) is 5.67. The lowest BCUT2D eigenvalue weighted by Crippen LogP contribution is -2.15. The van der Waals surface area contributed by atoms with Crippen molar-refractivity contribution in [1.29, 1.82) is 0 Å². The van der Waals surface area contributed by atoms with Gasteiger partial charge in [-0.1, -0.05) is 18.2 Å². The van der Waals surface area contributed by atoms with E-state index < -0.39 is 0 Å². The number of nitrogens with two attached hydrogens (primary N) is 1. The fourth-order valence-electron chi connectivity index (χ4n) is 1.94. The highest BCUT2D eigenvalue weighted by molar-refractivity contribution is 5.63. The molecule has 5 nitrogen and oxygen atoms in total. The van der Waals surface area contributed by atoms with Crippen molar-refractivity contribution in [2.75, 3.05) is 19.1 Å². The van der Waals surface area contributed by atoms with Crippen molar-refractivity contribution in [2.45, 2.75) is 13.5 Å². The molecule has 1 aromatic carbocycles. The van der Waals surface area contributed by atoms with Gasteiger partial charge in [-0.05, 0) is 18.6 Å². The van der Waals surface area contributed by atoms with Crippen molar-refractivity contribution < 1.29 is 4.74 Å². The van der Waals surface area contributed by atoms with Crippen LogP contribution in [0.25, 0.3) is 0 Å². The minimum Gasteiger partial charge on any atom is -0.481 e. The summed E-state index contributed by atoms with van der Waals surface area (Å²) in [6, 6.07) is 9.80. The molecule has 19 heavy (non-hydrogen) atoms. The van der Waals surface area contributed by atoms with E-state index in [9.17, 15) is 0 Å². The number of aryl methyl sites for hydroxylation is 1. The van der Waals surface area contributed by atoms with Crippen LogP contribution in [0.4, 0.5) is 11.5 Å². The number of aromatic nitrogens is 2. The fourth-order valence-corrected chi connectivity index (χ4v) is 1.94. The molecule has 0 saturated heterocycles. The van der Waals surface area contributed by atoms with Gasteiger partial charge in [-0.25, -0.2) is 4.98 Å². The maximum atomic E-state index is 5.77. The minimum absolute atomic E-state index is 0.488. The largest absolute Gasteiger partial charge is 0.481 e. The van der Waals surface area contributed by atoms with Gasteiger partial charge in [0.25, 0.3) is 0 Å². The molecule has 1 heterocycles. The molecule has 0 amide bonds. The SMILES string of the molecule is COc1cc(N(C)c2ccccc2CN)nc(C)n1. The Morgan fingerprint density at radius 3 is 2.68 bits per heavy atom. The second-order valence-electron chi connectivity index (χ2n) is 4.21. The molecule has 100 valence electrons. The standard InChI is InChI=1S/C14H18N4O/c1-10-16-13(8-14(17-10)19-3)18(2)12-7-5-4-6-11(12)9-15/h4-8H,9,15H2,1-3H3. The lowest BCUT2D eigenvalue weighted by Gasteiger charge is -2.21. The van der Waals surface area contributed by atoms with E-state index in [4.69, 9.17) is 10.5 Å². The number of nitrogens with zero attached hydrogens (tertiary/aromatic N) is 3. The minimum atomic E-state index is 0.488. The number of ether oxygens (including phenoxy) is 1. The molecule has 5 heteroatoms. The molecule has 0 spiro atoms. The summed E-state index contributed by atoms with van der Waals surface area (Å²) < 4.78 is 5.18. The molecule has 0 atom stereocenters. The third kappa shape index (κ3) is 2.82. The van der Waals surface area contributed by atoms with Crippen molar-refractivity contribution in [3.63, 3.8) is 0 Å². The molecule has 0 unspecified atom stereocenters. The Morgan fingerprint density at radius 2 is 2.00 bits per heavy atom. The monoisotopic (exact) mass is 258 g/mol. The van der Waals surface area contributed by atoms with Gasteiger partial charge in [0.15, 0.2) is 0 Å². The average molecular weight is 258 g/mol. The van der Waals surface area contributed by atoms with Crippen LogP contribution in [-0.2, 0) is 6.54 Å². The van der Waals surface area contributed by atoms with Crippen molar-refractivity contribution in [3.05, 3.63) is 41.7 Å². The second-order valence-corrected chi connectivity index (χ2v) is 4.21. The van der Waals surface area contributed by atoms with Crippen molar-refractivity contribution in [3.8, 4) is 5.88 Å². The molecule has 0 saturated carbocycles. The lowest BCUT2D eigenvalue weighted by molar-refractivity contribution is 0.395. The highest BCUT2D eigenvalue weighted by Crippen LogP contribution is 2.27. The molecular weight excluding hydrogens is 240 g/mol. The smallest absolute Gasteiger partial charge is 0.218 e. The van der Waals surface area contributed by atoms with Crippen molar-refractivity contribution in [2.24, 2.45) is 5.73 Å². The summed E-state index contributed by atoms with van der Waals surface area (Å²) in [5.41, 5.74) is 7.87. The first-order valence-electron chi connectivity index (χ1n) is 6.07. The Bertz CT molecular complexity index is 571. The summed E-state index contributed by atoms with van der Waals surface area (Å²) in [4.78, 5) is 10.6. The molecule has 2 rings (SSSR count). The molecule has 0 fully saturated rings. The predicted octanol–water partition coefficient (Wildman–Crippen LogP) is 2.02. The summed E-state index contributed by atoms with van der Waals surface area (Å²) in [6.45, 7) is 2.33. The van der Waals surface area contributed by atoms with Crippen LogP contribution >= 0.6 is 0 Å². The Labute approximate surface area is 113 Å². The number of para-hydroxylation sites is 1. The van der Waals surface area contributed by atoms with Crippen molar-refractivity contribution in [1.82, 2.24) is 9.97 Å². The van der Waals surface area contributed by atoms with Crippen LogP contribution in [0.2, 0.25) is 0 Å². The third-order valence-electron chi connectivity index (χ3n) is 2.93. The molecule has 0 aliphatic heterocycles. The third-order valence-corrected chi connectivity index (χ3v) is 2.93. The Balaban J connectivity index is 2.43. The van der Waals surface area contributed by atoms with Crippen LogP contribution < -0.4 is 15.4 Å². The number of hydrogen-bond acceptors (Lipinski definition) is 5. The molecule has 0 bridgehead atoms. The number of anilines is 2. The van der Waals surface area contributed by atoms with E-state index in [1.54, 1.807) is 13.2 Å². The normalized spacial score (nSPS) is 10.3.